The number of furan rings is 1. The van der Waals surface area contributed by atoms with E-state index in [0.29, 0.717) is 22.2 Å². The van der Waals surface area contributed by atoms with Crippen molar-refractivity contribution in [3.63, 3.8) is 0 Å². The highest BCUT2D eigenvalue weighted by atomic mass is 32.1. The molecule has 2 aromatic heterocycles. The molecule has 0 radical (unpaired) electrons. The molecular weight excluding hydrogens is 374 g/mol. The number of nitrogens with one attached hydrogen (secondary N) is 1. The molecule has 0 saturated heterocycles. The molecule has 0 aliphatic carbocycles. The molecule has 7 heteroatoms. The first kappa shape index (κ1) is 17.7. The highest BCUT2D eigenvalue weighted by molar-refractivity contribution is 7.18. The van der Waals surface area contributed by atoms with Crippen molar-refractivity contribution >= 4 is 28.7 Å². The SMILES string of the molecule is O=C(O)c1cccc(-c2ccc(/C=N/Nc3ncc(-c4ccccc4)s3)o2)c1. The van der Waals surface area contributed by atoms with Crippen LogP contribution >= 0.6 is 11.3 Å². The predicted molar refractivity (Wildman–Crippen MR) is 110 cm³/mol. The van der Waals surface area contributed by atoms with E-state index in [0.717, 1.165) is 10.4 Å². The zero-order valence-corrected chi connectivity index (χ0v) is 15.4. The Labute approximate surface area is 164 Å². The van der Waals surface area contributed by atoms with Crippen LogP contribution in [0.1, 0.15) is 16.1 Å². The van der Waals surface area contributed by atoms with Crippen molar-refractivity contribution in [3.8, 4) is 21.8 Å². The van der Waals surface area contributed by atoms with Gasteiger partial charge in [-0.1, -0.05) is 53.8 Å². The molecule has 0 bridgehead atoms. The predicted octanol–water partition coefficient (Wildman–Crippen LogP) is 5.21. The van der Waals surface area contributed by atoms with Gasteiger partial charge in [0.15, 0.2) is 0 Å². The van der Waals surface area contributed by atoms with Crippen LogP contribution < -0.4 is 5.43 Å². The molecule has 0 aliphatic heterocycles. The smallest absolute Gasteiger partial charge is 0.335 e. The maximum absolute atomic E-state index is 11.1. The lowest BCUT2D eigenvalue weighted by atomic mass is 10.1. The fourth-order valence-electron chi connectivity index (χ4n) is 2.60. The van der Waals surface area contributed by atoms with Gasteiger partial charge >= 0.3 is 5.97 Å². The second kappa shape index (κ2) is 7.89. The third kappa shape index (κ3) is 3.99. The van der Waals surface area contributed by atoms with Gasteiger partial charge in [-0.2, -0.15) is 5.10 Å². The van der Waals surface area contributed by atoms with Crippen LogP contribution in [0.3, 0.4) is 0 Å². The van der Waals surface area contributed by atoms with E-state index in [1.807, 2.05) is 30.3 Å². The van der Waals surface area contributed by atoms with Crippen molar-refractivity contribution in [2.24, 2.45) is 5.10 Å². The Morgan fingerprint density at radius 1 is 1.07 bits per heavy atom. The number of carbonyl (C=O) groups is 1. The van der Waals surface area contributed by atoms with Gasteiger partial charge in [-0.15, -0.1) is 0 Å². The number of hydrogen-bond acceptors (Lipinski definition) is 6. The molecule has 0 saturated carbocycles. The minimum Gasteiger partial charge on any atom is -0.478 e. The van der Waals surface area contributed by atoms with Crippen LogP contribution in [0.2, 0.25) is 0 Å². The average Bonchev–Trinajstić information content (AvgIpc) is 3.39. The fourth-order valence-corrected chi connectivity index (χ4v) is 3.37. The maximum atomic E-state index is 11.1. The van der Waals surface area contributed by atoms with Gasteiger partial charge in [-0.05, 0) is 29.8 Å². The molecular formula is C21H15N3O3S. The zero-order chi connectivity index (χ0) is 19.3. The Morgan fingerprint density at radius 3 is 2.71 bits per heavy atom. The normalized spacial score (nSPS) is 11.0. The highest BCUT2D eigenvalue weighted by Crippen LogP contribution is 2.28. The van der Waals surface area contributed by atoms with Gasteiger partial charge in [0.2, 0.25) is 5.13 Å². The Bertz CT molecular complexity index is 1130. The summed E-state index contributed by atoms with van der Waals surface area (Å²) in [5, 5.41) is 13.9. The van der Waals surface area contributed by atoms with Crippen LogP contribution in [-0.4, -0.2) is 22.3 Å². The van der Waals surface area contributed by atoms with E-state index in [9.17, 15) is 4.79 Å². The number of nitrogens with zero attached hydrogens (tertiary/aromatic N) is 2. The number of carboxylic acid groups (broad SMARTS) is 1. The van der Waals surface area contributed by atoms with Crippen LogP contribution in [-0.2, 0) is 0 Å². The molecule has 2 N–H and O–H groups in total. The Hall–Kier alpha value is -3.71. The van der Waals surface area contributed by atoms with Gasteiger partial charge in [0, 0.05) is 11.8 Å². The Kier molecular flexibility index (Phi) is 4.99. The largest absolute Gasteiger partial charge is 0.478 e. The molecule has 0 unspecified atom stereocenters. The van der Waals surface area contributed by atoms with Crippen LogP contribution in [0.4, 0.5) is 5.13 Å². The summed E-state index contributed by atoms with van der Waals surface area (Å²) in [5.74, 6) is 0.144. The summed E-state index contributed by atoms with van der Waals surface area (Å²) in [6.45, 7) is 0. The topological polar surface area (TPSA) is 87.7 Å². The molecule has 2 aromatic carbocycles. The van der Waals surface area contributed by atoms with E-state index >= 15 is 0 Å². The van der Waals surface area contributed by atoms with Crippen LogP contribution in [0.5, 0.6) is 0 Å². The molecule has 6 nitrogen and oxygen atoms in total. The van der Waals surface area contributed by atoms with E-state index in [-0.39, 0.29) is 5.56 Å². The van der Waals surface area contributed by atoms with Crippen molar-refractivity contribution < 1.29 is 14.3 Å². The summed E-state index contributed by atoms with van der Waals surface area (Å²) in [5.41, 5.74) is 4.91. The van der Waals surface area contributed by atoms with Gasteiger partial charge in [-0.25, -0.2) is 9.78 Å². The Morgan fingerprint density at radius 2 is 1.89 bits per heavy atom. The number of hydrazone groups is 1. The van der Waals surface area contributed by atoms with Crippen molar-refractivity contribution in [3.05, 3.63) is 84.3 Å². The van der Waals surface area contributed by atoms with Crippen molar-refractivity contribution in [1.29, 1.82) is 0 Å². The third-order valence-electron chi connectivity index (χ3n) is 3.94. The monoisotopic (exact) mass is 389 g/mol. The van der Waals surface area contributed by atoms with Gasteiger partial charge in [0.05, 0.1) is 16.7 Å². The first-order chi connectivity index (χ1) is 13.7. The molecule has 0 atom stereocenters. The molecule has 4 aromatic rings. The molecule has 0 amide bonds. The van der Waals surface area contributed by atoms with Crippen LogP contribution in [0, 0.1) is 0 Å². The molecule has 0 fully saturated rings. The fraction of sp³-hybridized carbons (Fsp3) is 0. The lowest BCUT2D eigenvalue weighted by molar-refractivity contribution is 0.0697. The number of hydrogen-bond donors (Lipinski definition) is 2. The summed E-state index contributed by atoms with van der Waals surface area (Å²) < 4.78 is 5.72. The molecule has 138 valence electrons. The highest BCUT2D eigenvalue weighted by Gasteiger charge is 2.08. The van der Waals surface area contributed by atoms with E-state index in [1.54, 1.807) is 48.8 Å². The molecule has 4 rings (SSSR count). The minimum atomic E-state index is -0.974. The first-order valence-corrected chi connectivity index (χ1v) is 9.24. The number of anilines is 1. The number of benzene rings is 2. The zero-order valence-electron chi connectivity index (χ0n) is 14.6. The quantitative estimate of drug-likeness (QED) is 0.349. The minimum absolute atomic E-state index is 0.212. The maximum Gasteiger partial charge on any atom is 0.335 e. The number of aromatic carboxylic acids is 1. The number of thiazole rings is 1. The number of aromatic nitrogens is 1. The van der Waals surface area contributed by atoms with Crippen molar-refractivity contribution in [1.82, 2.24) is 4.98 Å². The number of carboxylic acids is 1. The van der Waals surface area contributed by atoms with Gasteiger partial charge in [-0.3, -0.25) is 5.43 Å². The lowest BCUT2D eigenvalue weighted by Gasteiger charge is -1.99. The molecule has 0 aliphatic rings. The second-order valence-electron chi connectivity index (χ2n) is 5.85. The average molecular weight is 389 g/mol. The molecule has 28 heavy (non-hydrogen) atoms. The summed E-state index contributed by atoms with van der Waals surface area (Å²) in [6.07, 6.45) is 3.35. The summed E-state index contributed by atoms with van der Waals surface area (Å²) >= 11 is 1.51. The van der Waals surface area contributed by atoms with Gasteiger partial charge in [0.1, 0.15) is 11.5 Å². The van der Waals surface area contributed by atoms with Crippen LogP contribution in [0.15, 0.2) is 82.4 Å². The van der Waals surface area contributed by atoms with Crippen molar-refractivity contribution in [2.45, 2.75) is 0 Å². The third-order valence-corrected chi connectivity index (χ3v) is 4.89. The molecule has 2 heterocycles. The molecule has 0 spiro atoms. The summed E-state index contributed by atoms with van der Waals surface area (Å²) in [7, 11) is 0. The number of rotatable bonds is 6. The standard InChI is InChI=1S/C21H15N3O3S/c25-20(26)16-8-4-7-15(11-16)18-10-9-17(27-18)12-23-24-21-22-13-19(28-21)14-5-2-1-3-6-14/h1-13H,(H,22,24)(H,25,26)/b23-12+. The van der Waals surface area contributed by atoms with E-state index < -0.39 is 5.97 Å². The first-order valence-electron chi connectivity index (χ1n) is 8.43. The van der Waals surface area contributed by atoms with Crippen molar-refractivity contribution in [2.75, 3.05) is 5.43 Å². The van der Waals surface area contributed by atoms with Gasteiger partial charge < -0.3 is 9.52 Å². The van der Waals surface area contributed by atoms with E-state index in [1.165, 1.54) is 11.3 Å². The second-order valence-corrected chi connectivity index (χ2v) is 6.88. The van der Waals surface area contributed by atoms with Crippen LogP contribution in [0.25, 0.3) is 21.8 Å². The summed E-state index contributed by atoms with van der Waals surface area (Å²) in [4.78, 5) is 16.5. The van der Waals surface area contributed by atoms with E-state index in [4.69, 9.17) is 9.52 Å². The summed E-state index contributed by atoms with van der Waals surface area (Å²) in [6, 6.07) is 20.2. The lowest BCUT2D eigenvalue weighted by Crippen LogP contribution is -1.95. The van der Waals surface area contributed by atoms with E-state index in [2.05, 4.69) is 15.5 Å². The van der Waals surface area contributed by atoms with Gasteiger partial charge in [0.25, 0.3) is 0 Å². The Balaban J connectivity index is 1.43.